The predicted molar refractivity (Wildman–Crippen MR) is 67.0 cm³/mol. The van der Waals surface area contributed by atoms with Crippen LogP contribution in [0, 0.1) is 11.7 Å². The van der Waals surface area contributed by atoms with E-state index < -0.39 is 11.8 Å². The highest BCUT2D eigenvalue weighted by atomic mass is 35.5. The summed E-state index contributed by atoms with van der Waals surface area (Å²) in [7, 11) is 0. The standard InChI is InChI=1S/C13H15ClFNO2/c14-11-2-1-9(5-12(11)15)7-16-4-3-10(8-16)6-13(17)18/h1-2,5,10H,3-4,6-8H2,(H,17,18). The first-order valence-corrected chi connectivity index (χ1v) is 6.30. The molecule has 1 heterocycles. The lowest BCUT2D eigenvalue weighted by atomic mass is 10.1. The molecule has 1 fully saturated rings. The highest BCUT2D eigenvalue weighted by Crippen LogP contribution is 2.22. The van der Waals surface area contributed by atoms with Gasteiger partial charge in [0.15, 0.2) is 0 Å². The largest absolute Gasteiger partial charge is 0.481 e. The van der Waals surface area contributed by atoms with Gasteiger partial charge < -0.3 is 5.11 Å². The fourth-order valence-electron chi connectivity index (χ4n) is 2.37. The second-order valence-electron chi connectivity index (χ2n) is 4.74. The van der Waals surface area contributed by atoms with Crippen LogP contribution in [-0.4, -0.2) is 29.1 Å². The van der Waals surface area contributed by atoms with E-state index >= 15 is 0 Å². The Morgan fingerprint density at radius 3 is 3.00 bits per heavy atom. The fraction of sp³-hybridized carbons (Fsp3) is 0.462. The zero-order valence-electron chi connectivity index (χ0n) is 9.90. The van der Waals surface area contributed by atoms with Crippen LogP contribution >= 0.6 is 11.6 Å². The maximum atomic E-state index is 13.3. The second kappa shape index (κ2) is 5.67. The minimum atomic E-state index is -0.751. The zero-order chi connectivity index (χ0) is 13.1. The number of hydrogen-bond acceptors (Lipinski definition) is 2. The Kier molecular flexibility index (Phi) is 4.19. The van der Waals surface area contributed by atoms with Gasteiger partial charge in [-0.05, 0) is 36.6 Å². The summed E-state index contributed by atoms with van der Waals surface area (Å²) in [6, 6.07) is 4.79. The molecule has 1 unspecified atom stereocenters. The molecule has 1 aromatic rings. The third kappa shape index (κ3) is 3.43. The Bertz CT molecular complexity index is 453. The van der Waals surface area contributed by atoms with Crippen molar-refractivity contribution in [3.05, 3.63) is 34.6 Å². The summed E-state index contributed by atoms with van der Waals surface area (Å²) < 4.78 is 13.3. The summed E-state index contributed by atoms with van der Waals surface area (Å²) in [5.74, 6) is -0.950. The van der Waals surface area contributed by atoms with Crippen LogP contribution < -0.4 is 0 Å². The first-order chi connectivity index (χ1) is 8.54. The SMILES string of the molecule is O=C(O)CC1CCN(Cc2ccc(Cl)c(F)c2)C1. The summed E-state index contributed by atoms with van der Waals surface area (Å²) in [4.78, 5) is 12.8. The summed E-state index contributed by atoms with van der Waals surface area (Å²) >= 11 is 5.62. The van der Waals surface area contributed by atoms with Gasteiger partial charge in [-0.25, -0.2) is 4.39 Å². The molecule has 0 radical (unpaired) electrons. The Morgan fingerprint density at radius 1 is 1.56 bits per heavy atom. The highest BCUT2D eigenvalue weighted by Gasteiger charge is 2.24. The lowest BCUT2D eigenvalue weighted by molar-refractivity contribution is -0.138. The van der Waals surface area contributed by atoms with E-state index in [1.165, 1.54) is 6.07 Å². The summed E-state index contributed by atoms with van der Waals surface area (Å²) in [6.07, 6.45) is 1.11. The van der Waals surface area contributed by atoms with E-state index in [4.69, 9.17) is 16.7 Å². The second-order valence-corrected chi connectivity index (χ2v) is 5.14. The van der Waals surface area contributed by atoms with Crippen LogP contribution in [0.2, 0.25) is 5.02 Å². The average molecular weight is 272 g/mol. The molecule has 1 aliphatic heterocycles. The number of carboxylic acids is 1. The van der Waals surface area contributed by atoms with Crippen molar-refractivity contribution in [1.29, 1.82) is 0 Å². The highest BCUT2D eigenvalue weighted by molar-refractivity contribution is 6.30. The van der Waals surface area contributed by atoms with Gasteiger partial charge in [0, 0.05) is 19.5 Å². The molecule has 98 valence electrons. The number of benzene rings is 1. The minimum Gasteiger partial charge on any atom is -0.481 e. The van der Waals surface area contributed by atoms with Gasteiger partial charge in [0.25, 0.3) is 0 Å². The van der Waals surface area contributed by atoms with E-state index in [1.807, 2.05) is 0 Å². The maximum absolute atomic E-state index is 13.3. The van der Waals surface area contributed by atoms with Crippen LogP contribution in [0.15, 0.2) is 18.2 Å². The molecule has 0 saturated carbocycles. The van der Waals surface area contributed by atoms with Gasteiger partial charge in [0.05, 0.1) is 5.02 Å². The Morgan fingerprint density at radius 2 is 2.33 bits per heavy atom. The van der Waals surface area contributed by atoms with Crippen molar-refractivity contribution in [2.75, 3.05) is 13.1 Å². The molecule has 0 bridgehead atoms. The topological polar surface area (TPSA) is 40.5 Å². The lowest BCUT2D eigenvalue weighted by Gasteiger charge is -2.15. The fourth-order valence-corrected chi connectivity index (χ4v) is 2.48. The number of nitrogens with zero attached hydrogens (tertiary/aromatic N) is 1. The molecule has 2 rings (SSSR count). The van der Waals surface area contributed by atoms with E-state index in [9.17, 15) is 9.18 Å². The van der Waals surface area contributed by atoms with Gasteiger partial charge in [-0.2, -0.15) is 0 Å². The molecular weight excluding hydrogens is 257 g/mol. The molecule has 0 aliphatic carbocycles. The molecule has 5 heteroatoms. The van der Waals surface area contributed by atoms with E-state index in [0.29, 0.717) is 6.54 Å². The van der Waals surface area contributed by atoms with Crippen molar-refractivity contribution in [3.8, 4) is 0 Å². The average Bonchev–Trinajstić information content (AvgIpc) is 2.70. The minimum absolute atomic E-state index is 0.129. The Labute approximate surface area is 110 Å². The first-order valence-electron chi connectivity index (χ1n) is 5.92. The number of aliphatic carboxylic acids is 1. The molecule has 3 nitrogen and oxygen atoms in total. The summed E-state index contributed by atoms with van der Waals surface area (Å²) in [6.45, 7) is 2.27. The number of halogens is 2. The quantitative estimate of drug-likeness (QED) is 0.915. The smallest absolute Gasteiger partial charge is 0.303 e. The monoisotopic (exact) mass is 271 g/mol. The molecule has 1 aliphatic rings. The van der Waals surface area contributed by atoms with Gasteiger partial charge in [-0.15, -0.1) is 0 Å². The predicted octanol–water partition coefficient (Wildman–Crippen LogP) is 2.78. The zero-order valence-corrected chi connectivity index (χ0v) is 10.7. The van der Waals surface area contributed by atoms with Crippen molar-refractivity contribution in [2.45, 2.75) is 19.4 Å². The van der Waals surface area contributed by atoms with Gasteiger partial charge in [0.1, 0.15) is 5.82 Å². The normalized spacial score (nSPS) is 20.2. The molecule has 1 atom stereocenters. The maximum Gasteiger partial charge on any atom is 0.303 e. The van der Waals surface area contributed by atoms with E-state index in [1.54, 1.807) is 12.1 Å². The van der Waals surface area contributed by atoms with Crippen molar-refractivity contribution in [3.63, 3.8) is 0 Å². The van der Waals surface area contributed by atoms with Gasteiger partial charge in [-0.3, -0.25) is 9.69 Å². The van der Waals surface area contributed by atoms with Crippen LogP contribution in [0.4, 0.5) is 4.39 Å². The molecular formula is C13H15ClFNO2. The Hall–Kier alpha value is -1.13. The first kappa shape index (κ1) is 13.3. The number of hydrogen-bond donors (Lipinski definition) is 1. The number of likely N-dealkylation sites (tertiary alicyclic amines) is 1. The van der Waals surface area contributed by atoms with Gasteiger partial charge in [-0.1, -0.05) is 17.7 Å². The van der Waals surface area contributed by atoms with E-state index in [-0.39, 0.29) is 17.4 Å². The van der Waals surface area contributed by atoms with Crippen molar-refractivity contribution >= 4 is 17.6 Å². The van der Waals surface area contributed by atoms with Gasteiger partial charge >= 0.3 is 5.97 Å². The molecule has 0 spiro atoms. The molecule has 1 N–H and O–H groups in total. The molecule has 0 aromatic heterocycles. The Balaban J connectivity index is 1.91. The third-order valence-corrected chi connectivity index (χ3v) is 3.53. The number of carbonyl (C=O) groups is 1. The third-order valence-electron chi connectivity index (χ3n) is 3.22. The number of carboxylic acid groups (broad SMARTS) is 1. The molecule has 0 amide bonds. The summed E-state index contributed by atoms with van der Waals surface area (Å²) in [5.41, 5.74) is 0.868. The van der Waals surface area contributed by atoms with Crippen molar-refractivity contribution in [1.82, 2.24) is 4.90 Å². The van der Waals surface area contributed by atoms with Crippen LogP contribution in [0.25, 0.3) is 0 Å². The van der Waals surface area contributed by atoms with Crippen molar-refractivity contribution in [2.24, 2.45) is 5.92 Å². The van der Waals surface area contributed by atoms with E-state index in [2.05, 4.69) is 4.90 Å². The molecule has 1 saturated heterocycles. The number of rotatable bonds is 4. The molecule has 1 aromatic carbocycles. The van der Waals surface area contributed by atoms with Crippen LogP contribution in [0.3, 0.4) is 0 Å². The van der Waals surface area contributed by atoms with Crippen molar-refractivity contribution < 1.29 is 14.3 Å². The molecule has 18 heavy (non-hydrogen) atoms. The van der Waals surface area contributed by atoms with Crippen LogP contribution in [0.5, 0.6) is 0 Å². The summed E-state index contributed by atoms with van der Waals surface area (Å²) in [5, 5.41) is 8.86. The van der Waals surface area contributed by atoms with Gasteiger partial charge in [0.2, 0.25) is 0 Å². The van der Waals surface area contributed by atoms with E-state index in [0.717, 1.165) is 25.1 Å². The van der Waals surface area contributed by atoms with Crippen LogP contribution in [-0.2, 0) is 11.3 Å². The lowest BCUT2D eigenvalue weighted by Crippen LogP contribution is -2.20. The van der Waals surface area contributed by atoms with Crippen LogP contribution in [0.1, 0.15) is 18.4 Å².